The summed E-state index contributed by atoms with van der Waals surface area (Å²) in [5, 5.41) is 10.2. The van der Waals surface area contributed by atoms with Gasteiger partial charge in [-0.25, -0.2) is 0 Å². The average Bonchev–Trinajstić information content (AvgIpc) is 3.38. The van der Waals surface area contributed by atoms with Crippen molar-refractivity contribution >= 4 is 5.91 Å². The van der Waals surface area contributed by atoms with Crippen molar-refractivity contribution in [3.63, 3.8) is 0 Å². The minimum Gasteiger partial charge on any atom is -0.350 e. The molecule has 1 saturated carbocycles. The molecule has 0 spiro atoms. The number of likely N-dealkylation sites (tertiary alicyclic amines) is 1. The molecule has 2 aromatic rings. The molecule has 0 aromatic carbocycles. The van der Waals surface area contributed by atoms with E-state index in [2.05, 4.69) is 37.5 Å². The largest absolute Gasteiger partial charge is 0.350 e. The van der Waals surface area contributed by atoms with Crippen LogP contribution in [0.15, 0.2) is 30.6 Å². The van der Waals surface area contributed by atoms with Gasteiger partial charge < -0.3 is 5.32 Å². The van der Waals surface area contributed by atoms with Crippen molar-refractivity contribution in [1.82, 2.24) is 25.4 Å². The van der Waals surface area contributed by atoms with Gasteiger partial charge in [0.05, 0.1) is 0 Å². The lowest BCUT2D eigenvalue weighted by Gasteiger charge is -2.32. The number of nitrogens with zero attached hydrogens (tertiary/aromatic N) is 3. The van der Waals surface area contributed by atoms with E-state index in [1.807, 2.05) is 18.5 Å². The molecule has 2 aliphatic rings. The van der Waals surface area contributed by atoms with Crippen LogP contribution in [0.5, 0.6) is 0 Å². The van der Waals surface area contributed by atoms with Crippen LogP contribution >= 0.6 is 0 Å². The lowest BCUT2D eigenvalue weighted by Crippen LogP contribution is -2.40. The smallest absolute Gasteiger partial charge is 0.271 e. The number of aromatic amines is 1. The van der Waals surface area contributed by atoms with Crippen LogP contribution < -0.4 is 5.32 Å². The van der Waals surface area contributed by atoms with Gasteiger partial charge in [0.2, 0.25) is 0 Å². The summed E-state index contributed by atoms with van der Waals surface area (Å²) in [6, 6.07) is 6.05. The van der Waals surface area contributed by atoms with E-state index in [9.17, 15) is 4.79 Å². The monoisotopic (exact) mass is 339 g/mol. The Balaban J connectivity index is 1.26. The zero-order valence-electron chi connectivity index (χ0n) is 14.4. The Morgan fingerprint density at radius 2 is 2.12 bits per heavy atom. The van der Waals surface area contributed by atoms with Gasteiger partial charge in [-0.2, -0.15) is 5.10 Å². The number of piperidine rings is 1. The molecule has 2 fully saturated rings. The molecule has 0 bridgehead atoms. The number of hydrogen-bond acceptors (Lipinski definition) is 4. The molecule has 0 radical (unpaired) electrons. The number of carbonyl (C=O) groups excluding carboxylic acids is 1. The van der Waals surface area contributed by atoms with Gasteiger partial charge in [0.15, 0.2) is 0 Å². The Kier molecular flexibility index (Phi) is 4.78. The Morgan fingerprint density at radius 3 is 2.92 bits per heavy atom. The van der Waals surface area contributed by atoms with E-state index in [0.717, 1.165) is 31.9 Å². The standard InChI is InChI=1S/C19H25N5O/c25-19(18-10-17(22-23-18)16-3-4-16)21-11-15-2-1-9-24(13-15)12-14-5-7-20-8-6-14/h5-8,10,15-16H,1-4,9,11-13H2,(H,21,25)(H,22,23)/t15-/m0/s1. The van der Waals surface area contributed by atoms with E-state index in [-0.39, 0.29) is 5.91 Å². The van der Waals surface area contributed by atoms with Crippen molar-refractivity contribution in [2.24, 2.45) is 5.92 Å². The number of aromatic nitrogens is 3. The van der Waals surface area contributed by atoms with Gasteiger partial charge in [0.1, 0.15) is 5.69 Å². The Bertz CT molecular complexity index is 710. The molecule has 1 atom stereocenters. The number of rotatable bonds is 6. The van der Waals surface area contributed by atoms with Crippen molar-refractivity contribution in [3.05, 3.63) is 47.5 Å². The molecule has 1 aliphatic carbocycles. The second-order valence-corrected chi connectivity index (χ2v) is 7.29. The van der Waals surface area contributed by atoms with E-state index in [1.54, 1.807) is 0 Å². The van der Waals surface area contributed by atoms with Gasteiger partial charge in [-0.1, -0.05) is 0 Å². The molecule has 4 rings (SSSR count). The van der Waals surface area contributed by atoms with E-state index in [0.29, 0.717) is 17.5 Å². The predicted molar refractivity (Wildman–Crippen MR) is 95.1 cm³/mol. The lowest BCUT2D eigenvalue weighted by atomic mass is 9.97. The highest BCUT2D eigenvalue weighted by molar-refractivity contribution is 5.92. The zero-order valence-corrected chi connectivity index (χ0v) is 14.4. The third kappa shape index (κ3) is 4.25. The second kappa shape index (κ2) is 7.35. The Hall–Kier alpha value is -2.21. The lowest BCUT2D eigenvalue weighted by molar-refractivity contribution is 0.0925. The summed E-state index contributed by atoms with van der Waals surface area (Å²) in [5.74, 6) is 1.03. The molecule has 2 aromatic heterocycles. The van der Waals surface area contributed by atoms with Crippen molar-refractivity contribution in [2.75, 3.05) is 19.6 Å². The van der Waals surface area contributed by atoms with Gasteiger partial charge in [0, 0.05) is 43.6 Å². The van der Waals surface area contributed by atoms with Crippen LogP contribution in [-0.2, 0) is 6.54 Å². The first-order chi connectivity index (χ1) is 12.3. The quantitative estimate of drug-likeness (QED) is 0.847. The molecule has 25 heavy (non-hydrogen) atoms. The summed E-state index contributed by atoms with van der Waals surface area (Å²) < 4.78 is 0. The summed E-state index contributed by atoms with van der Waals surface area (Å²) in [4.78, 5) is 18.8. The first-order valence-electron chi connectivity index (χ1n) is 9.22. The molecule has 0 unspecified atom stereocenters. The molecule has 1 aliphatic heterocycles. The Labute approximate surface area is 148 Å². The van der Waals surface area contributed by atoms with Crippen LogP contribution in [0, 0.1) is 5.92 Å². The number of H-pyrrole nitrogens is 1. The van der Waals surface area contributed by atoms with Crippen LogP contribution in [0.25, 0.3) is 0 Å². The van der Waals surface area contributed by atoms with Gasteiger partial charge in [-0.05, 0) is 61.9 Å². The number of nitrogens with one attached hydrogen (secondary N) is 2. The minimum absolute atomic E-state index is 0.0607. The first-order valence-corrected chi connectivity index (χ1v) is 9.22. The van der Waals surface area contributed by atoms with E-state index < -0.39 is 0 Å². The molecule has 132 valence electrons. The third-order valence-electron chi connectivity index (χ3n) is 5.16. The molecule has 6 nitrogen and oxygen atoms in total. The number of hydrogen-bond donors (Lipinski definition) is 2. The molecule has 2 N–H and O–H groups in total. The maximum Gasteiger partial charge on any atom is 0.271 e. The van der Waals surface area contributed by atoms with Crippen molar-refractivity contribution in [3.8, 4) is 0 Å². The highest BCUT2D eigenvalue weighted by atomic mass is 16.1. The summed E-state index contributed by atoms with van der Waals surface area (Å²) in [6.07, 6.45) is 8.45. The van der Waals surface area contributed by atoms with Gasteiger partial charge in [-0.15, -0.1) is 0 Å². The summed E-state index contributed by atoms with van der Waals surface area (Å²) in [7, 11) is 0. The maximum atomic E-state index is 12.3. The Morgan fingerprint density at radius 1 is 1.28 bits per heavy atom. The number of amides is 1. The molecule has 1 amide bonds. The van der Waals surface area contributed by atoms with Gasteiger partial charge in [-0.3, -0.25) is 19.8 Å². The minimum atomic E-state index is -0.0607. The fraction of sp³-hybridized carbons (Fsp3) is 0.526. The predicted octanol–water partition coefficient (Wildman–Crippen LogP) is 2.32. The molecule has 6 heteroatoms. The molecular formula is C19H25N5O. The fourth-order valence-corrected chi connectivity index (χ4v) is 3.59. The first kappa shape index (κ1) is 16.3. The highest BCUT2D eigenvalue weighted by Crippen LogP contribution is 2.38. The van der Waals surface area contributed by atoms with Crippen molar-refractivity contribution in [1.29, 1.82) is 0 Å². The average molecular weight is 339 g/mol. The van der Waals surface area contributed by atoms with Gasteiger partial charge >= 0.3 is 0 Å². The molecular weight excluding hydrogens is 314 g/mol. The normalized spacial score (nSPS) is 21.2. The molecule has 1 saturated heterocycles. The number of carbonyl (C=O) groups is 1. The second-order valence-electron chi connectivity index (χ2n) is 7.29. The van der Waals surface area contributed by atoms with E-state index in [1.165, 1.54) is 31.2 Å². The van der Waals surface area contributed by atoms with Crippen LogP contribution in [0.2, 0.25) is 0 Å². The number of pyridine rings is 1. The molecule has 3 heterocycles. The van der Waals surface area contributed by atoms with Crippen LogP contribution in [0.1, 0.15) is 53.3 Å². The third-order valence-corrected chi connectivity index (χ3v) is 5.16. The van der Waals surface area contributed by atoms with Gasteiger partial charge in [0.25, 0.3) is 5.91 Å². The summed E-state index contributed by atoms with van der Waals surface area (Å²) in [6.45, 7) is 3.82. The summed E-state index contributed by atoms with van der Waals surface area (Å²) in [5.41, 5.74) is 2.92. The van der Waals surface area contributed by atoms with E-state index >= 15 is 0 Å². The SMILES string of the molecule is O=C(NC[C@@H]1CCCN(Cc2ccncc2)C1)c1cc(C2CC2)[nH]n1. The summed E-state index contributed by atoms with van der Waals surface area (Å²) >= 11 is 0. The van der Waals surface area contributed by atoms with Crippen LogP contribution in [-0.4, -0.2) is 45.6 Å². The van der Waals surface area contributed by atoms with E-state index in [4.69, 9.17) is 0 Å². The van der Waals surface area contributed by atoms with Crippen LogP contribution in [0.4, 0.5) is 0 Å². The van der Waals surface area contributed by atoms with Crippen molar-refractivity contribution in [2.45, 2.75) is 38.1 Å². The topological polar surface area (TPSA) is 73.9 Å². The van der Waals surface area contributed by atoms with Crippen LogP contribution in [0.3, 0.4) is 0 Å². The van der Waals surface area contributed by atoms with Crippen molar-refractivity contribution < 1.29 is 4.79 Å². The maximum absolute atomic E-state index is 12.3. The zero-order chi connectivity index (χ0) is 17.1. The fourth-order valence-electron chi connectivity index (χ4n) is 3.59. The highest BCUT2D eigenvalue weighted by Gasteiger charge is 2.27.